The minimum atomic E-state index is -0.282. The highest BCUT2D eigenvalue weighted by Gasteiger charge is 2.39. The molecule has 1 aliphatic rings. The Kier molecular flexibility index (Phi) is 4.10. The second-order valence-corrected chi connectivity index (χ2v) is 5.85. The van der Waals surface area contributed by atoms with E-state index in [9.17, 15) is 4.79 Å². The Labute approximate surface area is 120 Å². The average molecular weight is 271 g/mol. The third-order valence-corrected chi connectivity index (χ3v) is 4.19. The molecule has 106 valence electrons. The number of nitrogens with one attached hydrogen (secondary N) is 1. The molecule has 1 N–H and O–H groups in total. The van der Waals surface area contributed by atoms with Crippen molar-refractivity contribution in [1.29, 1.82) is 5.26 Å². The van der Waals surface area contributed by atoms with Crippen molar-refractivity contribution in [1.82, 2.24) is 10.2 Å². The van der Waals surface area contributed by atoms with Crippen LogP contribution in [0.2, 0.25) is 0 Å². The van der Waals surface area contributed by atoms with Gasteiger partial charge in [-0.25, -0.2) is 0 Å². The summed E-state index contributed by atoms with van der Waals surface area (Å²) in [6, 6.07) is 7.95. The molecule has 1 aliphatic heterocycles. The topological polar surface area (TPSA) is 56.1 Å². The average Bonchev–Trinajstić information content (AvgIpc) is 2.83. The van der Waals surface area contributed by atoms with Crippen LogP contribution in [0.1, 0.15) is 30.0 Å². The summed E-state index contributed by atoms with van der Waals surface area (Å²) in [5.41, 5.74) is 2.78. The summed E-state index contributed by atoms with van der Waals surface area (Å²) in [6.45, 7) is 6.61. The van der Waals surface area contributed by atoms with E-state index in [-0.39, 0.29) is 11.3 Å². The van der Waals surface area contributed by atoms with Crippen LogP contribution in [-0.2, 0) is 11.3 Å². The van der Waals surface area contributed by atoms with Gasteiger partial charge in [0.2, 0.25) is 5.91 Å². The normalized spacial score (nSPS) is 22.5. The molecule has 0 bridgehead atoms. The molecule has 1 saturated heterocycles. The molecule has 1 atom stereocenters. The Hall–Kier alpha value is -1.86. The Morgan fingerprint density at radius 3 is 2.90 bits per heavy atom. The lowest BCUT2D eigenvalue weighted by molar-refractivity contribution is -0.129. The number of carbonyl (C=O) groups is 1. The van der Waals surface area contributed by atoms with Gasteiger partial charge in [-0.05, 0) is 50.1 Å². The Bertz CT molecular complexity index is 561. The summed E-state index contributed by atoms with van der Waals surface area (Å²) in [6.07, 6.45) is 0.891. The van der Waals surface area contributed by atoms with Crippen LogP contribution >= 0.6 is 0 Å². The van der Waals surface area contributed by atoms with E-state index < -0.39 is 0 Å². The van der Waals surface area contributed by atoms with Crippen LogP contribution in [0.15, 0.2) is 18.2 Å². The maximum atomic E-state index is 11.9. The summed E-state index contributed by atoms with van der Waals surface area (Å²) in [4.78, 5) is 14.2. The maximum absolute atomic E-state index is 11.9. The number of aryl methyl sites for hydroxylation is 1. The number of nitrogens with zero attached hydrogens (tertiary/aromatic N) is 2. The van der Waals surface area contributed by atoms with E-state index in [1.165, 1.54) is 5.56 Å². The zero-order chi connectivity index (χ0) is 14.8. The lowest BCUT2D eigenvalue weighted by Gasteiger charge is -2.23. The van der Waals surface area contributed by atoms with Crippen molar-refractivity contribution in [3.05, 3.63) is 34.9 Å². The second-order valence-electron chi connectivity index (χ2n) is 5.85. The molecular formula is C16H21N3O. The summed E-state index contributed by atoms with van der Waals surface area (Å²) < 4.78 is 0. The first kappa shape index (κ1) is 14.5. The fourth-order valence-electron chi connectivity index (χ4n) is 2.86. The molecule has 4 nitrogen and oxygen atoms in total. The summed E-state index contributed by atoms with van der Waals surface area (Å²) in [5.74, 6) is 0.122. The summed E-state index contributed by atoms with van der Waals surface area (Å²) in [5, 5.41) is 11.6. The maximum Gasteiger partial charge on any atom is 0.227 e. The molecule has 1 aromatic rings. The summed E-state index contributed by atoms with van der Waals surface area (Å²) >= 11 is 0. The SMILES string of the molecule is CNC(=O)C1(C)CCN(Cc2ccc(C#N)cc2C)C1. The van der Waals surface area contributed by atoms with Gasteiger partial charge in [0.1, 0.15) is 0 Å². The van der Waals surface area contributed by atoms with E-state index >= 15 is 0 Å². The first-order chi connectivity index (χ1) is 9.48. The van der Waals surface area contributed by atoms with Crippen molar-refractivity contribution in [3.63, 3.8) is 0 Å². The quantitative estimate of drug-likeness (QED) is 0.912. The van der Waals surface area contributed by atoms with E-state index in [0.717, 1.165) is 31.6 Å². The molecular weight excluding hydrogens is 250 g/mol. The minimum absolute atomic E-state index is 0.122. The minimum Gasteiger partial charge on any atom is -0.359 e. The van der Waals surface area contributed by atoms with E-state index in [1.54, 1.807) is 7.05 Å². The van der Waals surface area contributed by atoms with Gasteiger partial charge in [0, 0.05) is 20.1 Å². The van der Waals surface area contributed by atoms with Gasteiger partial charge in [-0.3, -0.25) is 9.69 Å². The molecule has 0 aromatic heterocycles. The first-order valence-corrected chi connectivity index (χ1v) is 6.93. The molecule has 1 amide bonds. The molecule has 1 unspecified atom stereocenters. The second kappa shape index (κ2) is 5.64. The highest BCUT2D eigenvalue weighted by molar-refractivity contribution is 5.82. The van der Waals surface area contributed by atoms with Crippen LogP contribution in [0.5, 0.6) is 0 Å². The lowest BCUT2D eigenvalue weighted by atomic mass is 9.89. The van der Waals surface area contributed by atoms with Crippen molar-refractivity contribution in [2.45, 2.75) is 26.8 Å². The largest absolute Gasteiger partial charge is 0.359 e. The molecule has 1 aromatic carbocycles. The van der Waals surface area contributed by atoms with Gasteiger partial charge >= 0.3 is 0 Å². The predicted octanol–water partition coefficient (Wildman–Crippen LogP) is 1.82. The van der Waals surface area contributed by atoms with Crippen LogP contribution in [0.25, 0.3) is 0 Å². The zero-order valence-electron chi connectivity index (χ0n) is 12.4. The van der Waals surface area contributed by atoms with Gasteiger partial charge in [0.25, 0.3) is 0 Å². The summed E-state index contributed by atoms with van der Waals surface area (Å²) in [7, 11) is 1.70. The predicted molar refractivity (Wildman–Crippen MR) is 78.0 cm³/mol. The molecule has 4 heteroatoms. The van der Waals surface area contributed by atoms with Crippen LogP contribution in [-0.4, -0.2) is 30.9 Å². The number of hydrogen-bond acceptors (Lipinski definition) is 3. The van der Waals surface area contributed by atoms with Gasteiger partial charge in [-0.1, -0.05) is 6.07 Å². The number of hydrogen-bond donors (Lipinski definition) is 1. The van der Waals surface area contributed by atoms with E-state index in [0.29, 0.717) is 5.56 Å². The Morgan fingerprint density at radius 1 is 1.55 bits per heavy atom. The monoisotopic (exact) mass is 271 g/mol. The number of nitriles is 1. The van der Waals surface area contributed by atoms with Crippen molar-refractivity contribution < 1.29 is 4.79 Å². The molecule has 0 aliphatic carbocycles. The number of amides is 1. The van der Waals surface area contributed by atoms with Crippen molar-refractivity contribution in [3.8, 4) is 6.07 Å². The third kappa shape index (κ3) is 2.83. The van der Waals surface area contributed by atoms with Crippen LogP contribution < -0.4 is 5.32 Å². The number of carbonyl (C=O) groups excluding carboxylic acids is 1. The molecule has 1 heterocycles. The van der Waals surface area contributed by atoms with Gasteiger partial charge in [0.05, 0.1) is 17.0 Å². The zero-order valence-corrected chi connectivity index (χ0v) is 12.4. The van der Waals surface area contributed by atoms with E-state index in [4.69, 9.17) is 5.26 Å². The lowest BCUT2D eigenvalue weighted by Crippen LogP contribution is -2.39. The third-order valence-electron chi connectivity index (χ3n) is 4.19. The Morgan fingerprint density at radius 2 is 2.30 bits per heavy atom. The molecule has 0 saturated carbocycles. The van der Waals surface area contributed by atoms with Gasteiger partial charge in [-0.2, -0.15) is 5.26 Å². The molecule has 0 radical (unpaired) electrons. The molecule has 2 rings (SSSR count). The molecule has 1 fully saturated rings. The highest BCUT2D eigenvalue weighted by Crippen LogP contribution is 2.31. The van der Waals surface area contributed by atoms with E-state index in [2.05, 4.69) is 16.3 Å². The van der Waals surface area contributed by atoms with Crippen molar-refractivity contribution in [2.75, 3.05) is 20.1 Å². The van der Waals surface area contributed by atoms with Gasteiger partial charge in [-0.15, -0.1) is 0 Å². The number of benzene rings is 1. The van der Waals surface area contributed by atoms with Crippen LogP contribution in [0.4, 0.5) is 0 Å². The van der Waals surface area contributed by atoms with Crippen LogP contribution in [0, 0.1) is 23.7 Å². The van der Waals surface area contributed by atoms with Crippen molar-refractivity contribution >= 4 is 5.91 Å². The standard InChI is InChI=1S/C16H21N3O/c1-12-8-13(9-17)4-5-14(12)10-19-7-6-16(2,11-19)15(20)18-3/h4-5,8H,6-7,10-11H2,1-3H3,(H,18,20). The fraction of sp³-hybridized carbons (Fsp3) is 0.500. The highest BCUT2D eigenvalue weighted by atomic mass is 16.2. The van der Waals surface area contributed by atoms with E-state index in [1.807, 2.05) is 32.0 Å². The molecule has 20 heavy (non-hydrogen) atoms. The van der Waals surface area contributed by atoms with Gasteiger partial charge in [0.15, 0.2) is 0 Å². The smallest absolute Gasteiger partial charge is 0.227 e. The number of likely N-dealkylation sites (tertiary alicyclic amines) is 1. The van der Waals surface area contributed by atoms with Crippen molar-refractivity contribution in [2.24, 2.45) is 5.41 Å². The Balaban J connectivity index is 2.06. The van der Waals surface area contributed by atoms with Gasteiger partial charge < -0.3 is 5.32 Å². The molecule has 0 spiro atoms. The fourth-order valence-corrected chi connectivity index (χ4v) is 2.86. The van der Waals surface area contributed by atoms with Crippen LogP contribution in [0.3, 0.4) is 0 Å². The number of rotatable bonds is 3. The first-order valence-electron chi connectivity index (χ1n) is 6.93.